The molecule has 22 heavy (non-hydrogen) atoms. The summed E-state index contributed by atoms with van der Waals surface area (Å²) in [6, 6.07) is 18.7. The Labute approximate surface area is 134 Å². The highest BCUT2D eigenvalue weighted by Crippen LogP contribution is 2.18. The summed E-state index contributed by atoms with van der Waals surface area (Å²) in [5.41, 5.74) is 2.39. The Morgan fingerprint density at radius 2 is 1.68 bits per heavy atom. The van der Waals surface area contributed by atoms with Crippen molar-refractivity contribution in [1.82, 2.24) is 0 Å². The summed E-state index contributed by atoms with van der Waals surface area (Å²) in [6.07, 6.45) is 6.34. The molecule has 0 saturated heterocycles. The smallest absolute Gasteiger partial charge is 0.121 e. The van der Waals surface area contributed by atoms with Crippen LogP contribution in [0.4, 0.5) is 5.69 Å². The van der Waals surface area contributed by atoms with Gasteiger partial charge in [0.1, 0.15) is 5.75 Å². The summed E-state index contributed by atoms with van der Waals surface area (Å²) in [6.45, 7) is 3.89. The van der Waals surface area contributed by atoms with E-state index < -0.39 is 0 Å². The number of hydrogen-bond donors (Lipinski definition) is 1. The van der Waals surface area contributed by atoms with Crippen LogP contribution in [0, 0.1) is 0 Å². The van der Waals surface area contributed by atoms with Crippen LogP contribution in [-0.4, -0.2) is 6.61 Å². The third-order valence-corrected chi connectivity index (χ3v) is 3.69. The molecule has 2 rings (SSSR count). The van der Waals surface area contributed by atoms with E-state index in [1.165, 1.54) is 31.2 Å². The number of rotatable bonds is 10. The number of anilines is 1. The van der Waals surface area contributed by atoms with Gasteiger partial charge in [-0.05, 0) is 24.1 Å². The summed E-state index contributed by atoms with van der Waals surface area (Å²) >= 11 is 0. The van der Waals surface area contributed by atoms with Gasteiger partial charge in [0.25, 0.3) is 0 Å². The van der Waals surface area contributed by atoms with Crippen LogP contribution in [-0.2, 0) is 6.54 Å². The fraction of sp³-hybridized carbons (Fsp3) is 0.400. The number of ether oxygens (including phenoxy) is 1. The van der Waals surface area contributed by atoms with E-state index in [1.54, 1.807) is 0 Å². The largest absolute Gasteiger partial charge is 0.494 e. The lowest BCUT2D eigenvalue weighted by Crippen LogP contribution is -2.01. The molecule has 0 spiro atoms. The van der Waals surface area contributed by atoms with E-state index in [0.717, 1.165) is 31.0 Å². The standard InChI is InChI=1S/C20H27NO/c1-2-3-4-5-9-15-22-20-14-10-13-19(16-20)21-17-18-11-7-6-8-12-18/h6-8,10-14,16,21H,2-5,9,15,17H2,1H3. The molecule has 0 saturated carbocycles. The lowest BCUT2D eigenvalue weighted by atomic mass is 10.2. The minimum absolute atomic E-state index is 0.811. The molecule has 0 fully saturated rings. The molecule has 0 unspecified atom stereocenters. The Balaban J connectivity index is 1.72. The van der Waals surface area contributed by atoms with Gasteiger partial charge in [-0.2, -0.15) is 0 Å². The highest BCUT2D eigenvalue weighted by atomic mass is 16.5. The van der Waals surface area contributed by atoms with Gasteiger partial charge >= 0.3 is 0 Å². The van der Waals surface area contributed by atoms with Crippen LogP contribution in [0.3, 0.4) is 0 Å². The monoisotopic (exact) mass is 297 g/mol. The average molecular weight is 297 g/mol. The molecule has 2 aromatic carbocycles. The number of benzene rings is 2. The fourth-order valence-corrected chi connectivity index (χ4v) is 2.39. The molecule has 0 aliphatic rings. The second kappa shape index (κ2) is 9.88. The van der Waals surface area contributed by atoms with Crippen molar-refractivity contribution in [1.29, 1.82) is 0 Å². The van der Waals surface area contributed by atoms with Crippen LogP contribution in [0.5, 0.6) is 5.75 Å². The molecule has 2 heteroatoms. The van der Waals surface area contributed by atoms with E-state index in [1.807, 2.05) is 18.2 Å². The van der Waals surface area contributed by atoms with Crippen LogP contribution >= 0.6 is 0 Å². The fourth-order valence-electron chi connectivity index (χ4n) is 2.39. The zero-order valence-electron chi connectivity index (χ0n) is 13.6. The second-order valence-corrected chi connectivity index (χ2v) is 5.63. The predicted octanol–water partition coefficient (Wildman–Crippen LogP) is 5.65. The minimum atomic E-state index is 0.811. The molecule has 118 valence electrons. The first-order chi connectivity index (χ1) is 10.9. The van der Waals surface area contributed by atoms with Crippen molar-refractivity contribution < 1.29 is 4.74 Å². The van der Waals surface area contributed by atoms with Gasteiger partial charge in [-0.25, -0.2) is 0 Å². The summed E-state index contributed by atoms with van der Waals surface area (Å²) in [7, 11) is 0. The molecule has 0 amide bonds. The van der Waals surface area contributed by atoms with E-state index in [2.05, 4.69) is 48.6 Å². The van der Waals surface area contributed by atoms with Crippen LogP contribution in [0.2, 0.25) is 0 Å². The van der Waals surface area contributed by atoms with Crippen LogP contribution in [0.15, 0.2) is 54.6 Å². The molecule has 0 aromatic heterocycles. The summed E-state index contributed by atoms with van der Waals surface area (Å²) < 4.78 is 5.84. The van der Waals surface area contributed by atoms with Crippen LogP contribution in [0.25, 0.3) is 0 Å². The molecule has 1 N–H and O–H groups in total. The lowest BCUT2D eigenvalue weighted by molar-refractivity contribution is 0.304. The van der Waals surface area contributed by atoms with E-state index in [-0.39, 0.29) is 0 Å². The van der Waals surface area contributed by atoms with Crippen LogP contribution in [0.1, 0.15) is 44.6 Å². The van der Waals surface area contributed by atoms with Crippen molar-refractivity contribution >= 4 is 5.69 Å². The number of unbranched alkanes of at least 4 members (excludes halogenated alkanes) is 4. The predicted molar refractivity (Wildman–Crippen MR) is 94.5 cm³/mol. The maximum Gasteiger partial charge on any atom is 0.121 e. The minimum Gasteiger partial charge on any atom is -0.494 e. The average Bonchev–Trinajstić information content (AvgIpc) is 2.57. The zero-order chi connectivity index (χ0) is 15.5. The van der Waals surface area contributed by atoms with Gasteiger partial charge in [-0.3, -0.25) is 0 Å². The Morgan fingerprint density at radius 1 is 0.864 bits per heavy atom. The molecule has 0 bridgehead atoms. The van der Waals surface area contributed by atoms with Gasteiger partial charge in [0.2, 0.25) is 0 Å². The van der Waals surface area contributed by atoms with Gasteiger partial charge in [0.05, 0.1) is 6.61 Å². The van der Waals surface area contributed by atoms with E-state index in [4.69, 9.17) is 4.74 Å². The van der Waals surface area contributed by atoms with Crippen molar-refractivity contribution in [3.63, 3.8) is 0 Å². The number of hydrogen-bond acceptors (Lipinski definition) is 2. The normalized spacial score (nSPS) is 10.4. The zero-order valence-corrected chi connectivity index (χ0v) is 13.6. The van der Waals surface area contributed by atoms with Gasteiger partial charge < -0.3 is 10.1 Å². The highest BCUT2D eigenvalue weighted by Gasteiger charge is 1.98. The lowest BCUT2D eigenvalue weighted by Gasteiger charge is -2.10. The first-order valence-electron chi connectivity index (χ1n) is 8.39. The number of nitrogens with one attached hydrogen (secondary N) is 1. The summed E-state index contributed by atoms with van der Waals surface area (Å²) in [4.78, 5) is 0. The van der Waals surface area contributed by atoms with Gasteiger partial charge in [-0.15, -0.1) is 0 Å². The molecule has 0 aliphatic heterocycles. The first-order valence-corrected chi connectivity index (χ1v) is 8.39. The van der Waals surface area contributed by atoms with Crippen molar-refractivity contribution in [3.05, 3.63) is 60.2 Å². The van der Waals surface area contributed by atoms with Crippen molar-refractivity contribution in [2.24, 2.45) is 0 Å². The van der Waals surface area contributed by atoms with Crippen molar-refractivity contribution in [3.8, 4) is 5.75 Å². The second-order valence-electron chi connectivity index (χ2n) is 5.63. The summed E-state index contributed by atoms with van der Waals surface area (Å²) in [5, 5.41) is 3.44. The Morgan fingerprint density at radius 3 is 2.50 bits per heavy atom. The van der Waals surface area contributed by atoms with Crippen molar-refractivity contribution in [2.75, 3.05) is 11.9 Å². The Bertz CT molecular complexity index is 524. The first kappa shape index (κ1) is 16.4. The topological polar surface area (TPSA) is 21.3 Å². The molecule has 0 aliphatic carbocycles. The quantitative estimate of drug-likeness (QED) is 0.572. The molecule has 0 atom stereocenters. The summed E-state index contributed by atoms with van der Waals surface area (Å²) in [5.74, 6) is 0.952. The van der Waals surface area contributed by atoms with Crippen LogP contribution < -0.4 is 10.1 Å². The molecule has 2 aromatic rings. The van der Waals surface area contributed by atoms with Gasteiger partial charge in [-0.1, -0.05) is 69.0 Å². The highest BCUT2D eigenvalue weighted by molar-refractivity contribution is 5.48. The van der Waals surface area contributed by atoms with Gasteiger partial charge in [0.15, 0.2) is 0 Å². The molecular formula is C20H27NO. The maximum absolute atomic E-state index is 5.84. The molecule has 2 nitrogen and oxygen atoms in total. The van der Waals surface area contributed by atoms with Gasteiger partial charge in [0, 0.05) is 18.3 Å². The third kappa shape index (κ3) is 6.21. The SMILES string of the molecule is CCCCCCCOc1cccc(NCc2ccccc2)c1. The van der Waals surface area contributed by atoms with E-state index >= 15 is 0 Å². The molecule has 0 heterocycles. The molecule has 0 radical (unpaired) electrons. The van der Waals surface area contributed by atoms with E-state index in [9.17, 15) is 0 Å². The molecular weight excluding hydrogens is 270 g/mol. The van der Waals surface area contributed by atoms with E-state index in [0.29, 0.717) is 0 Å². The Hall–Kier alpha value is -1.96. The third-order valence-electron chi connectivity index (χ3n) is 3.69. The Kier molecular flexibility index (Phi) is 7.37. The maximum atomic E-state index is 5.84. The van der Waals surface area contributed by atoms with Crippen molar-refractivity contribution in [2.45, 2.75) is 45.6 Å².